The Morgan fingerprint density at radius 1 is 1.69 bits per heavy atom. The fourth-order valence-corrected chi connectivity index (χ4v) is 1.48. The summed E-state index contributed by atoms with van der Waals surface area (Å²) in [7, 11) is 2.00. The Morgan fingerprint density at radius 2 is 2.46 bits per heavy atom. The molecule has 76 valence electrons. The van der Waals surface area contributed by atoms with Crippen molar-refractivity contribution in [1.82, 2.24) is 4.90 Å². The first-order valence-electron chi connectivity index (χ1n) is 4.70. The van der Waals surface area contributed by atoms with Gasteiger partial charge in [-0.15, -0.1) is 0 Å². The first-order chi connectivity index (χ1) is 6.24. The third-order valence-corrected chi connectivity index (χ3v) is 2.27. The molecule has 1 rings (SSSR count). The van der Waals surface area contributed by atoms with Crippen molar-refractivity contribution in [2.45, 2.75) is 12.8 Å². The summed E-state index contributed by atoms with van der Waals surface area (Å²) in [6, 6.07) is 0. The minimum Gasteiger partial charge on any atom is -0.465 e. The Morgan fingerprint density at radius 3 is 3.00 bits per heavy atom. The van der Waals surface area contributed by atoms with Crippen LogP contribution >= 0.6 is 0 Å². The number of rotatable bonds is 4. The lowest BCUT2D eigenvalue weighted by Crippen LogP contribution is -2.22. The first-order valence-corrected chi connectivity index (χ1v) is 4.70. The molecule has 1 aliphatic rings. The molecule has 1 unspecified atom stereocenters. The molecule has 1 atom stereocenters. The van der Waals surface area contributed by atoms with E-state index in [1.165, 1.54) is 0 Å². The fourth-order valence-electron chi connectivity index (χ4n) is 1.48. The summed E-state index contributed by atoms with van der Waals surface area (Å²) in [4.78, 5) is 13.5. The molecule has 1 heterocycles. The molecule has 0 saturated carbocycles. The monoisotopic (exact) mass is 187 g/mol. The number of aliphatic hydroxyl groups excluding tert-OH is 1. The van der Waals surface area contributed by atoms with Gasteiger partial charge in [0.25, 0.3) is 0 Å². The van der Waals surface area contributed by atoms with E-state index in [9.17, 15) is 4.79 Å². The van der Waals surface area contributed by atoms with E-state index in [0.29, 0.717) is 13.0 Å². The lowest BCUT2D eigenvalue weighted by Gasteiger charge is -2.09. The molecule has 0 radical (unpaired) electrons. The number of ether oxygens (including phenoxy) is 1. The summed E-state index contributed by atoms with van der Waals surface area (Å²) in [6.45, 7) is 2.20. The molecule has 1 fully saturated rings. The third-order valence-electron chi connectivity index (χ3n) is 2.27. The van der Waals surface area contributed by atoms with Crippen molar-refractivity contribution in [2.24, 2.45) is 5.92 Å². The second-order valence-electron chi connectivity index (χ2n) is 3.49. The van der Waals surface area contributed by atoms with Crippen molar-refractivity contribution in [1.29, 1.82) is 0 Å². The van der Waals surface area contributed by atoms with Gasteiger partial charge in [0.05, 0.1) is 12.5 Å². The summed E-state index contributed by atoms with van der Waals surface area (Å²) < 4.78 is 4.99. The maximum absolute atomic E-state index is 11.3. The van der Waals surface area contributed by atoms with Crippen LogP contribution in [0.4, 0.5) is 0 Å². The van der Waals surface area contributed by atoms with Gasteiger partial charge in [-0.25, -0.2) is 0 Å². The Kier molecular flexibility index (Phi) is 4.18. The lowest BCUT2D eigenvalue weighted by atomic mass is 10.1. The average Bonchev–Trinajstić information content (AvgIpc) is 2.52. The number of carbonyl (C=O) groups excluding carboxylic acids is 1. The average molecular weight is 187 g/mol. The quantitative estimate of drug-likeness (QED) is 0.492. The molecule has 4 heteroatoms. The summed E-state index contributed by atoms with van der Waals surface area (Å²) in [6.07, 6.45) is 1.43. The molecule has 0 amide bonds. The number of aliphatic hydroxyl groups is 1. The van der Waals surface area contributed by atoms with Gasteiger partial charge in [-0.2, -0.15) is 0 Å². The Balaban J connectivity index is 2.16. The third kappa shape index (κ3) is 3.32. The molecule has 0 bridgehead atoms. The Bertz CT molecular complexity index is 172. The maximum Gasteiger partial charge on any atom is 0.310 e. The van der Waals surface area contributed by atoms with Crippen LogP contribution in [-0.2, 0) is 9.53 Å². The zero-order valence-electron chi connectivity index (χ0n) is 8.03. The predicted octanol–water partition coefficient (Wildman–Crippen LogP) is -0.136. The van der Waals surface area contributed by atoms with Crippen molar-refractivity contribution in [3.05, 3.63) is 0 Å². The molecule has 0 aromatic heterocycles. The Hall–Kier alpha value is -0.610. The number of hydrogen-bond acceptors (Lipinski definition) is 4. The lowest BCUT2D eigenvalue weighted by molar-refractivity contribution is -0.148. The highest BCUT2D eigenvalue weighted by Gasteiger charge is 2.26. The van der Waals surface area contributed by atoms with Crippen LogP contribution in [0.25, 0.3) is 0 Å². The predicted molar refractivity (Wildman–Crippen MR) is 48.3 cm³/mol. The van der Waals surface area contributed by atoms with Gasteiger partial charge in [0.2, 0.25) is 0 Å². The van der Waals surface area contributed by atoms with Crippen molar-refractivity contribution in [3.8, 4) is 0 Å². The fraction of sp³-hybridized carbons (Fsp3) is 0.889. The van der Waals surface area contributed by atoms with Gasteiger partial charge in [0.1, 0.15) is 0 Å². The molecule has 0 aromatic rings. The topological polar surface area (TPSA) is 49.8 Å². The molecular formula is C9H17NO3. The molecule has 0 aromatic carbocycles. The van der Waals surface area contributed by atoms with Crippen molar-refractivity contribution in [2.75, 3.05) is 33.4 Å². The molecule has 1 N–H and O–H groups in total. The largest absolute Gasteiger partial charge is 0.465 e. The summed E-state index contributed by atoms with van der Waals surface area (Å²) in [5.74, 6) is -0.0681. The van der Waals surface area contributed by atoms with Crippen LogP contribution in [0.5, 0.6) is 0 Å². The molecule has 0 aliphatic carbocycles. The van der Waals surface area contributed by atoms with Crippen molar-refractivity contribution in [3.63, 3.8) is 0 Å². The van der Waals surface area contributed by atoms with Crippen LogP contribution in [0.15, 0.2) is 0 Å². The highest BCUT2D eigenvalue weighted by Crippen LogP contribution is 2.15. The van der Waals surface area contributed by atoms with Crippen LogP contribution in [0, 0.1) is 5.92 Å². The van der Waals surface area contributed by atoms with E-state index in [1.807, 2.05) is 7.05 Å². The minimum atomic E-state index is -0.113. The molecular weight excluding hydrogens is 170 g/mol. The van der Waals surface area contributed by atoms with Gasteiger partial charge in [-0.1, -0.05) is 0 Å². The van der Waals surface area contributed by atoms with E-state index in [0.717, 1.165) is 19.5 Å². The number of carbonyl (C=O) groups is 1. The smallest absolute Gasteiger partial charge is 0.310 e. The van der Waals surface area contributed by atoms with E-state index >= 15 is 0 Å². The van der Waals surface area contributed by atoms with Crippen LogP contribution in [0.1, 0.15) is 12.8 Å². The zero-order chi connectivity index (χ0) is 9.68. The first kappa shape index (κ1) is 10.5. The van der Waals surface area contributed by atoms with Crippen LogP contribution < -0.4 is 0 Å². The highest BCUT2D eigenvalue weighted by atomic mass is 16.5. The standard InChI is InChI=1S/C9H17NO3/c1-10-4-3-8(7-10)9(12)13-6-2-5-11/h8,11H,2-7H2,1H3. The zero-order valence-corrected chi connectivity index (χ0v) is 8.03. The maximum atomic E-state index is 11.3. The van der Waals surface area contributed by atoms with Crippen molar-refractivity contribution < 1.29 is 14.6 Å². The molecule has 0 spiro atoms. The van der Waals surface area contributed by atoms with E-state index in [2.05, 4.69) is 4.90 Å². The van der Waals surface area contributed by atoms with Gasteiger partial charge < -0.3 is 14.7 Å². The molecule has 1 aliphatic heterocycles. The Labute approximate surface area is 78.5 Å². The molecule has 1 saturated heterocycles. The number of hydrogen-bond donors (Lipinski definition) is 1. The van der Waals surface area contributed by atoms with Gasteiger partial charge in [-0.3, -0.25) is 4.79 Å². The van der Waals surface area contributed by atoms with Gasteiger partial charge in [0, 0.05) is 19.6 Å². The van der Waals surface area contributed by atoms with E-state index < -0.39 is 0 Å². The number of likely N-dealkylation sites (tertiary alicyclic amines) is 1. The molecule has 13 heavy (non-hydrogen) atoms. The van der Waals surface area contributed by atoms with Gasteiger partial charge >= 0.3 is 5.97 Å². The van der Waals surface area contributed by atoms with Crippen LogP contribution in [-0.4, -0.2) is 49.3 Å². The number of esters is 1. The van der Waals surface area contributed by atoms with E-state index in [-0.39, 0.29) is 18.5 Å². The van der Waals surface area contributed by atoms with Crippen LogP contribution in [0.3, 0.4) is 0 Å². The normalized spacial score (nSPS) is 23.4. The SMILES string of the molecule is CN1CCC(C(=O)OCCCO)C1. The second kappa shape index (κ2) is 5.19. The number of nitrogens with zero attached hydrogens (tertiary/aromatic N) is 1. The highest BCUT2D eigenvalue weighted by molar-refractivity contribution is 5.73. The van der Waals surface area contributed by atoms with Gasteiger partial charge in [0.15, 0.2) is 0 Å². The van der Waals surface area contributed by atoms with E-state index in [4.69, 9.17) is 9.84 Å². The summed E-state index contributed by atoms with van der Waals surface area (Å²) in [5, 5.41) is 8.49. The minimum absolute atomic E-state index is 0.0451. The van der Waals surface area contributed by atoms with E-state index in [1.54, 1.807) is 0 Å². The summed E-state index contributed by atoms with van der Waals surface area (Å²) in [5.41, 5.74) is 0. The second-order valence-corrected chi connectivity index (χ2v) is 3.49. The molecule has 4 nitrogen and oxygen atoms in total. The summed E-state index contributed by atoms with van der Waals surface area (Å²) >= 11 is 0. The van der Waals surface area contributed by atoms with Crippen LogP contribution in [0.2, 0.25) is 0 Å². The van der Waals surface area contributed by atoms with Gasteiger partial charge in [-0.05, 0) is 20.0 Å². The van der Waals surface area contributed by atoms with Crippen molar-refractivity contribution >= 4 is 5.97 Å².